The predicted molar refractivity (Wildman–Crippen MR) is 72.8 cm³/mol. The molecule has 1 fully saturated rings. The summed E-state index contributed by atoms with van der Waals surface area (Å²) in [5.41, 5.74) is 0. The largest absolute Gasteiger partial charge is 0.311 e. The third-order valence-electron chi connectivity index (χ3n) is 4.21. The average Bonchev–Trinajstić information content (AvgIpc) is 2.50. The van der Waals surface area contributed by atoms with Gasteiger partial charge in [0, 0.05) is 12.1 Å². The second-order valence-corrected chi connectivity index (χ2v) is 5.64. The van der Waals surface area contributed by atoms with E-state index in [-0.39, 0.29) is 0 Å². The maximum Gasteiger partial charge on any atom is 0.00952 e. The molecule has 0 aromatic heterocycles. The molecule has 1 aliphatic carbocycles. The maximum absolute atomic E-state index is 3.93. The smallest absolute Gasteiger partial charge is 0.00952 e. The summed E-state index contributed by atoms with van der Waals surface area (Å²) in [6.07, 6.45) is 12.6. The number of nitrogens with one attached hydrogen (secondary N) is 1. The van der Waals surface area contributed by atoms with Crippen LogP contribution in [0.4, 0.5) is 0 Å². The van der Waals surface area contributed by atoms with Gasteiger partial charge in [0.15, 0.2) is 0 Å². The maximum atomic E-state index is 3.93. The highest BCUT2D eigenvalue weighted by molar-refractivity contribution is 4.80. The second-order valence-electron chi connectivity index (χ2n) is 5.64. The first-order chi connectivity index (χ1) is 7.77. The van der Waals surface area contributed by atoms with Crippen molar-refractivity contribution in [2.75, 3.05) is 0 Å². The summed E-state index contributed by atoms with van der Waals surface area (Å²) in [6, 6.07) is 1.56. The summed E-state index contributed by atoms with van der Waals surface area (Å²) in [6.45, 7) is 7.06. The number of hydrogen-bond donors (Lipinski definition) is 1. The van der Waals surface area contributed by atoms with Crippen molar-refractivity contribution in [3.8, 4) is 0 Å². The lowest BCUT2D eigenvalue weighted by atomic mass is 9.95. The topological polar surface area (TPSA) is 12.0 Å². The highest BCUT2D eigenvalue weighted by Crippen LogP contribution is 2.24. The van der Waals surface area contributed by atoms with Crippen molar-refractivity contribution < 1.29 is 0 Å². The van der Waals surface area contributed by atoms with Crippen LogP contribution in [0.25, 0.3) is 0 Å². The summed E-state index contributed by atoms with van der Waals surface area (Å²) in [7, 11) is 0. The van der Waals surface area contributed by atoms with E-state index in [1.807, 2.05) is 0 Å². The van der Waals surface area contributed by atoms with Gasteiger partial charge in [-0.05, 0) is 31.6 Å². The summed E-state index contributed by atoms with van der Waals surface area (Å²) in [5.74, 6) is 0.887. The van der Waals surface area contributed by atoms with Gasteiger partial charge >= 0.3 is 0 Å². The Bertz CT molecular complexity index is 167. The lowest BCUT2D eigenvalue weighted by molar-refractivity contribution is 0.304. The Kier molecular flexibility index (Phi) is 7.11. The molecular weight excluding hydrogens is 194 g/mol. The third-order valence-corrected chi connectivity index (χ3v) is 4.21. The van der Waals surface area contributed by atoms with Gasteiger partial charge in [0.05, 0.1) is 0 Å². The van der Waals surface area contributed by atoms with Crippen molar-refractivity contribution in [2.24, 2.45) is 5.92 Å². The lowest BCUT2D eigenvalue weighted by Crippen LogP contribution is -2.41. The minimum atomic E-state index is 0.769. The van der Waals surface area contributed by atoms with Crippen molar-refractivity contribution in [1.29, 1.82) is 0 Å². The summed E-state index contributed by atoms with van der Waals surface area (Å²) < 4.78 is 0. The minimum absolute atomic E-state index is 0.769. The molecule has 0 amide bonds. The van der Waals surface area contributed by atoms with Gasteiger partial charge in [0.1, 0.15) is 0 Å². The second kappa shape index (κ2) is 8.11. The van der Waals surface area contributed by atoms with Crippen LogP contribution in [0.15, 0.2) is 0 Å². The zero-order valence-corrected chi connectivity index (χ0v) is 11.6. The van der Waals surface area contributed by atoms with Gasteiger partial charge in [0.25, 0.3) is 0 Å². The van der Waals surface area contributed by atoms with Crippen molar-refractivity contribution in [2.45, 2.75) is 90.6 Å². The van der Waals surface area contributed by atoms with Crippen LogP contribution < -0.4 is 5.32 Å². The molecule has 1 N–H and O–H groups in total. The van der Waals surface area contributed by atoms with Crippen molar-refractivity contribution >= 4 is 0 Å². The first-order valence-corrected chi connectivity index (χ1v) is 7.54. The normalized spacial score (nSPS) is 28.7. The Balaban J connectivity index is 2.35. The molecule has 1 saturated carbocycles. The average molecular weight is 225 g/mol. The van der Waals surface area contributed by atoms with Gasteiger partial charge in [-0.15, -0.1) is 0 Å². The predicted octanol–water partition coefficient (Wildman–Crippen LogP) is 4.51. The molecule has 0 bridgehead atoms. The van der Waals surface area contributed by atoms with Crippen LogP contribution in [0.2, 0.25) is 0 Å². The fourth-order valence-corrected chi connectivity index (χ4v) is 2.90. The Morgan fingerprint density at radius 3 is 2.56 bits per heavy atom. The first kappa shape index (κ1) is 14.0. The van der Waals surface area contributed by atoms with Crippen LogP contribution in [0.1, 0.15) is 78.6 Å². The quantitative estimate of drug-likeness (QED) is 0.656. The van der Waals surface area contributed by atoms with E-state index in [1.165, 1.54) is 57.8 Å². The first-order valence-electron chi connectivity index (χ1n) is 7.54. The van der Waals surface area contributed by atoms with Crippen LogP contribution in [0.3, 0.4) is 0 Å². The Morgan fingerprint density at radius 2 is 1.88 bits per heavy atom. The molecule has 3 unspecified atom stereocenters. The fourth-order valence-electron chi connectivity index (χ4n) is 2.90. The van der Waals surface area contributed by atoms with Crippen LogP contribution in [-0.4, -0.2) is 12.1 Å². The molecule has 0 aromatic rings. The van der Waals surface area contributed by atoms with Gasteiger partial charge in [-0.2, -0.15) is 0 Å². The van der Waals surface area contributed by atoms with Crippen LogP contribution in [0, 0.1) is 5.92 Å². The van der Waals surface area contributed by atoms with E-state index in [0.29, 0.717) is 0 Å². The molecule has 1 heteroatoms. The lowest BCUT2D eigenvalue weighted by Gasteiger charge is -2.28. The highest BCUT2D eigenvalue weighted by atomic mass is 15.0. The Morgan fingerprint density at radius 1 is 1.12 bits per heavy atom. The van der Waals surface area contributed by atoms with Crippen LogP contribution >= 0.6 is 0 Å². The Hall–Kier alpha value is -0.0400. The van der Waals surface area contributed by atoms with E-state index in [4.69, 9.17) is 0 Å². The molecular formula is C15H31N. The zero-order chi connectivity index (χ0) is 11.8. The van der Waals surface area contributed by atoms with E-state index in [1.54, 1.807) is 0 Å². The standard InChI is InChI=1S/C15H31N/c1-4-6-11-14(5-2)16-15-12-9-7-8-10-13(15)3/h13-16H,4-12H2,1-3H3. The van der Waals surface area contributed by atoms with Crippen molar-refractivity contribution in [3.63, 3.8) is 0 Å². The van der Waals surface area contributed by atoms with Crippen LogP contribution in [0.5, 0.6) is 0 Å². The van der Waals surface area contributed by atoms with Crippen molar-refractivity contribution in [3.05, 3.63) is 0 Å². The highest BCUT2D eigenvalue weighted by Gasteiger charge is 2.21. The molecule has 1 nitrogen and oxygen atoms in total. The van der Waals surface area contributed by atoms with Crippen LogP contribution in [-0.2, 0) is 0 Å². The zero-order valence-electron chi connectivity index (χ0n) is 11.6. The molecule has 16 heavy (non-hydrogen) atoms. The summed E-state index contributed by atoms with van der Waals surface area (Å²) >= 11 is 0. The van der Waals surface area contributed by atoms with Gasteiger partial charge < -0.3 is 5.32 Å². The van der Waals surface area contributed by atoms with E-state index in [0.717, 1.165) is 18.0 Å². The van der Waals surface area contributed by atoms with Gasteiger partial charge in [-0.25, -0.2) is 0 Å². The molecule has 96 valence electrons. The third kappa shape index (κ3) is 4.86. The summed E-state index contributed by atoms with van der Waals surface area (Å²) in [5, 5.41) is 3.93. The molecule has 0 radical (unpaired) electrons. The molecule has 0 saturated heterocycles. The number of rotatable bonds is 6. The molecule has 0 heterocycles. The van der Waals surface area contributed by atoms with Crippen molar-refractivity contribution in [1.82, 2.24) is 5.32 Å². The molecule has 1 rings (SSSR count). The molecule has 3 atom stereocenters. The van der Waals surface area contributed by atoms with E-state index >= 15 is 0 Å². The van der Waals surface area contributed by atoms with E-state index < -0.39 is 0 Å². The molecule has 0 aromatic carbocycles. The summed E-state index contributed by atoms with van der Waals surface area (Å²) in [4.78, 5) is 0. The monoisotopic (exact) mass is 225 g/mol. The van der Waals surface area contributed by atoms with E-state index in [9.17, 15) is 0 Å². The molecule has 0 spiro atoms. The minimum Gasteiger partial charge on any atom is -0.311 e. The van der Waals surface area contributed by atoms with Gasteiger partial charge in [0.2, 0.25) is 0 Å². The fraction of sp³-hybridized carbons (Fsp3) is 1.00. The number of hydrogen-bond acceptors (Lipinski definition) is 1. The molecule has 1 aliphatic rings. The number of unbranched alkanes of at least 4 members (excludes halogenated alkanes) is 1. The Labute approximate surface area is 102 Å². The molecule has 0 aliphatic heterocycles. The van der Waals surface area contributed by atoms with E-state index in [2.05, 4.69) is 26.1 Å². The SMILES string of the molecule is CCCCC(CC)NC1CCCCCC1C. The van der Waals surface area contributed by atoms with Gasteiger partial charge in [-0.3, -0.25) is 0 Å². The van der Waals surface area contributed by atoms with Gasteiger partial charge in [-0.1, -0.05) is 52.9 Å².